The Morgan fingerprint density at radius 3 is 2.92 bits per heavy atom. The summed E-state index contributed by atoms with van der Waals surface area (Å²) in [6.45, 7) is 0.323. The number of hydrogen-bond acceptors (Lipinski definition) is 2. The highest BCUT2D eigenvalue weighted by Gasteiger charge is 2.12. The van der Waals surface area contributed by atoms with Crippen LogP contribution in [0, 0.1) is 5.82 Å². The summed E-state index contributed by atoms with van der Waals surface area (Å²) < 4.78 is 17.8. The van der Waals surface area contributed by atoms with E-state index in [-0.39, 0.29) is 11.1 Å². The van der Waals surface area contributed by atoms with Gasteiger partial charge in [0.05, 0.1) is 17.7 Å². The summed E-state index contributed by atoms with van der Waals surface area (Å²) in [6.07, 6.45) is 0. The summed E-state index contributed by atoms with van der Waals surface area (Å²) in [5, 5.41) is 0.0760. The van der Waals surface area contributed by atoms with Crippen LogP contribution in [-0.2, 0) is 4.74 Å². The highest BCUT2D eigenvalue weighted by atomic mass is 35.5. The molecular weight excluding hydrogens is 193 g/mol. The van der Waals surface area contributed by atoms with E-state index in [2.05, 4.69) is 0 Å². The van der Waals surface area contributed by atoms with E-state index >= 15 is 0 Å². The molecule has 0 saturated heterocycles. The van der Waals surface area contributed by atoms with Crippen molar-refractivity contribution in [3.05, 3.63) is 34.6 Å². The first-order valence-electron chi connectivity index (χ1n) is 3.85. The molecule has 2 N–H and O–H groups in total. The molecule has 0 fully saturated rings. The SMILES string of the molecule is COC[C@@H](N)c1cccc(F)c1Cl. The molecule has 0 aromatic heterocycles. The van der Waals surface area contributed by atoms with E-state index in [1.54, 1.807) is 12.1 Å². The van der Waals surface area contributed by atoms with Gasteiger partial charge in [0.15, 0.2) is 0 Å². The zero-order valence-electron chi connectivity index (χ0n) is 7.26. The van der Waals surface area contributed by atoms with Crippen LogP contribution in [-0.4, -0.2) is 13.7 Å². The Morgan fingerprint density at radius 1 is 1.62 bits per heavy atom. The smallest absolute Gasteiger partial charge is 0.142 e. The van der Waals surface area contributed by atoms with Gasteiger partial charge in [-0.2, -0.15) is 0 Å². The third kappa shape index (κ3) is 2.40. The van der Waals surface area contributed by atoms with Crippen LogP contribution in [0.15, 0.2) is 18.2 Å². The quantitative estimate of drug-likeness (QED) is 0.817. The van der Waals surface area contributed by atoms with Crippen molar-refractivity contribution in [2.45, 2.75) is 6.04 Å². The Labute approximate surface area is 81.4 Å². The van der Waals surface area contributed by atoms with Gasteiger partial charge in [0.1, 0.15) is 5.82 Å². The molecule has 1 atom stereocenters. The van der Waals surface area contributed by atoms with Gasteiger partial charge in [-0.15, -0.1) is 0 Å². The van der Waals surface area contributed by atoms with Crippen molar-refractivity contribution >= 4 is 11.6 Å². The summed E-state index contributed by atoms with van der Waals surface area (Å²) in [7, 11) is 1.53. The van der Waals surface area contributed by atoms with Crippen LogP contribution in [0.1, 0.15) is 11.6 Å². The molecule has 1 aromatic rings. The van der Waals surface area contributed by atoms with Crippen LogP contribution in [0.3, 0.4) is 0 Å². The third-order valence-electron chi connectivity index (χ3n) is 1.73. The second-order valence-corrected chi connectivity index (χ2v) is 3.08. The minimum atomic E-state index is -0.453. The van der Waals surface area contributed by atoms with Crippen molar-refractivity contribution in [3.63, 3.8) is 0 Å². The fourth-order valence-electron chi connectivity index (χ4n) is 1.08. The van der Waals surface area contributed by atoms with Crippen LogP contribution in [0.5, 0.6) is 0 Å². The molecule has 0 bridgehead atoms. The number of hydrogen-bond donors (Lipinski definition) is 1. The maximum atomic E-state index is 13.0. The molecule has 1 aromatic carbocycles. The predicted molar refractivity (Wildman–Crippen MR) is 50.2 cm³/mol. The van der Waals surface area contributed by atoms with Gasteiger partial charge < -0.3 is 10.5 Å². The molecule has 0 aliphatic carbocycles. The van der Waals surface area contributed by atoms with Crippen LogP contribution >= 0.6 is 11.6 Å². The van der Waals surface area contributed by atoms with E-state index in [1.807, 2.05) is 0 Å². The molecule has 0 saturated carbocycles. The molecule has 0 heterocycles. The number of ether oxygens (including phenoxy) is 1. The molecular formula is C9H11ClFNO. The van der Waals surface area contributed by atoms with Crippen LogP contribution in [0.4, 0.5) is 4.39 Å². The fourth-order valence-corrected chi connectivity index (χ4v) is 1.34. The number of benzene rings is 1. The first-order valence-corrected chi connectivity index (χ1v) is 4.23. The predicted octanol–water partition coefficient (Wildman–Crippen LogP) is 2.13. The molecule has 0 aliphatic rings. The number of halogens is 2. The van der Waals surface area contributed by atoms with E-state index in [9.17, 15) is 4.39 Å². The van der Waals surface area contributed by atoms with Crippen LogP contribution in [0.2, 0.25) is 5.02 Å². The lowest BCUT2D eigenvalue weighted by Gasteiger charge is -2.12. The van der Waals surface area contributed by atoms with Crippen molar-refractivity contribution in [2.24, 2.45) is 5.73 Å². The van der Waals surface area contributed by atoms with Crippen molar-refractivity contribution < 1.29 is 9.13 Å². The van der Waals surface area contributed by atoms with Gasteiger partial charge in [-0.1, -0.05) is 23.7 Å². The molecule has 2 nitrogen and oxygen atoms in total. The summed E-state index contributed by atoms with van der Waals surface area (Å²) in [4.78, 5) is 0. The molecule has 1 rings (SSSR count). The van der Waals surface area contributed by atoms with Gasteiger partial charge in [-0.05, 0) is 11.6 Å². The lowest BCUT2D eigenvalue weighted by Crippen LogP contribution is -2.16. The monoisotopic (exact) mass is 203 g/mol. The average Bonchev–Trinajstić information content (AvgIpc) is 2.10. The molecule has 72 valence electrons. The Kier molecular flexibility index (Phi) is 3.66. The molecule has 0 amide bonds. The molecule has 0 radical (unpaired) electrons. The maximum absolute atomic E-state index is 13.0. The van der Waals surface area contributed by atoms with Gasteiger partial charge in [0.2, 0.25) is 0 Å². The average molecular weight is 204 g/mol. The first-order chi connectivity index (χ1) is 6.16. The molecule has 0 aliphatic heterocycles. The summed E-state index contributed by atoms with van der Waals surface area (Å²) in [5.41, 5.74) is 6.27. The zero-order valence-corrected chi connectivity index (χ0v) is 8.01. The normalized spacial score (nSPS) is 12.9. The van der Waals surface area contributed by atoms with Crippen LogP contribution < -0.4 is 5.73 Å². The number of nitrogens with two attached hydrogens (primary N) is 1. The number of methoxy groups -OCH3 is 1. The van der Waals surface area contributed by atoms with Gasteiger partial charge in [0, 0.05) is 7.11 Å². The first kappa shape index (κ1) is 10.4. The number of rotatable bonds is 3. The molecule has 4 heteroatoms. The minimum absolute atomic E-state index is 0.0760. The third-order valence-corrected chi connectivity index (χ3v) is 2.13. The van der Waals surface area contributed by atoms with Crippen molar-refractivity contribution in [1.29, 1.82) is 0 Å². The fraction of sp³-hybridized carbons (Fsp3) is 0.333. The van der Waals surface area contributed by atoms with Gasteiger partial charge in [0.25, 0.3) is 0 Å². The maximum Gasteiger partial charge on any atom is 0.142 e. The molecule has 0 unspecified atom stereocenters. The minimum Gasteiger partial charge on any atom is -0.383 e. The van der Waals surface area contributed by atoms with Gasteiger partial charge in [-0.3, -0.25) is 0 Å². The van der Waals surface area contributed by atoms with E-state index < -0.39 is 5.82 Å². The highest BCUT2D eigenvalue weighted by Crippen LogP contribution is 2.24. The lowest BCUT2D eigenvalue weighted by atomic mass is 10.1. The van der Waals surface area contributed by atoms with Crippen molar-refractivity contribution in [2.75, 3.05) is 13.7 Å². The van der Waals surface area contributed by atoms with Crippen molar-refractivity contribution in [3.8, 4) is 0 Å². The Balaban J connectivity index is 2.93. The van der Waals surface area contributed by atoms with Crippen LogP contribution in [0.25, 0.3) is 0 Å². The highest BCUT2D eigenvalue weighted by molar-refractivity contribution is 6.31. The topological polar surface area (TPSA) is 35.2 Å². The Hall–Kier alpha value is -0.640. The lowest BCUT2D eigenvalue weighted by molar-refractivity contribution is 0.181. The molecule has 0 spiro atoms. The van der Waals surface area contributed by atoms with E-state index in [4.69, 9.17) is 22.1 Å². The van der Waals surface area contributed by atoms with E-state index in [0.717, 1.165) is 0 Å². The summed E-state index contributed by atoms with van der Waals surface area (Å²) >= 11 is 5.71. The summed E-state index contributed by atoms with van der Waals surface area (Å²) in [5.74, 6) is -0.453. The van der Waals surface area contributed by atoms with Gasteiger partial charge >= 0.3 is 0 Å². The Bertz CT molecular complexity index is 293. The van der Waals surface area contributed by atoms with E-state index in [0.29, 0.717) is 12.2 Å². The molecule has 13 heavy (non-hydrogen) atoms. The standard InChI is InChI=1S/C9H11ClFNO/c1-13-5-8(12)6-3-2-4-7(11)9(6)10/h2-4,8H,5,12H2,1H3/t8-/m1/s1. The largest absolute Gasteiger partial charge is 0.383 e. The Morgan fingerprint density at radius 2 is 2.31 bits per heavy atom. The summed E-state index contributed by atoms with van der Waals surface area (Å²) in [6, 6.07) is 4.18. The second-order valence-electron chi connectivity index (χ2n) is 2.70. The second kappa shape index (κ2) is 4.56. The van der Waals surface area contributed by atoms with Crippen molar-refractivity contribution in [1.82, 2.24) is 0 Å². The zero-order chi connectivity index (χ0) is 9.84. The van der Waals surface area contributed by atoms with E-state index in [1.165, 1.54) is 13.2 Å². The van der Waals surface area contributed by atoms with Gasteiger partial charge in [-0.25, -0.2) is 4.39 Å².